The van der Waals surface area contributed by atoms with E-state index in [9.17, 15) is 0 Å². The third-order valence-electron chi connectivity index (χ3n) is 2.90. The lowest BCUT2D eigenvalue weighted by Crippen LogP contribution is -2.47. The Kier molecular flexibility index (Phi) is 3.53. The van der Waals surface area contributed by atoms with Crippen molar-refractivity contribution < 1.29 is 0 Å². The fourth-order valence-electron chi connectivity index (χ4n) is 1.37. The molecule has 0 spiro atoms. The van der Waals surface area contributed by atoms with Crippen LogP contribution in [0.2, 0.25) is 0 Å². The van der Waals surface area contributed by atoms with Gasteiger partial charge in [-0.2, -0.15) is 0 Å². The first-order valence-electron chi connectivity index (χ1n) is 5.04. The molecule has 2 nitrogen and oxygen atoms in total. The van der Waals surface area contributed by atoms with Crippen LogP contribution in [0.25, 0.3) is 0 Å². The lowest BCUT2D eigenvalue weighted by atomic mass is 9.85. The molecule has 1 fully saturated rings. The summed E-state index contributed by atoms with van der Waals surface area (Å²) in [6.07, 6.45) is 4.32. The van der Waals surface area contributed by atoms with Crippen LogP contribution in [0.1, 0.15) is 33.1 Å². The molecule has 2 N–H and O–H groups in total. The molecule has 0 aromatic rings. The van der Waals surface area contributed by atoms with Gasteiger partial charge in [0.2, 0.25) is 0 Å². The summed E-state index contributed by atoms with van der Waals surface area (Å²) in [5.41, 5.74) is 0.240. The smallest absolute Gasteiger partial charge is 0.0246 e. The van der Waals surface area contributed by atoms with E-state index in [1.807, 2.05) is 7.05 Å². The van der Waals surface area contributed by atoms with E-state index in [1.165, 1.54) is 25.8 Å². The third-order valence-corrected chi connectivity index (χ3v) is 2.90. The van der Waals surface area contributed by atoms with Gasteiger partial charge in [-0.25, -0.2) is 0 Å². The lowest BCUT2D eigenvalue weighted by molar-refractivity contribution is 0.285. The highest BCUT2D eigenvalue weighted by Crippen LogP contribution is 2.25. The van der Waals surface area contributed by atoms with Crippen LogP contribution in [0.3, 0.4) is 0 Å². The second-order valence-corrected chi connectivity index (χ2v) is 4.56. The van der Waals surface area contributed by atoms with E-state index in [-0.39, 0.29) is 5.54 Å². The zero-order valence-electron chi connectivity index (χ0n) is 8.61. The zero-order chi connectivity index (χ0) is 9.03. The van der Waals surface area contributed by atoms with Crippen LogP contribution in [-0.4, -0.2) is 25.7 Å². The average Bonchev–Trinajstić information content (AvgIpc) is 1.95. The van der Waals surface area contributed by atoms with Crippen LogP contribution < -0.4 is 10.6 Å². The number of rotatable bonds is 5. The normalized spacial score (nSPS) is 19.2. The predicted octanol–water partition coefficient (Wildman–Crippen LogP) is 1.37. The van der Waals surface area contributed by atoms with Gasteiger partial charge in [0, 0.05) is 12.1 Å². The van der Waals surface area contributed by atoms with E-state index in [2.05, 4.69) is 24.5 Å². The van der Waals surface area contributed by atoms with Gasteiger partial charge < -0.3 is 10.6 Å². The maximum Gasteiger partial charge on any atom is 0.0246 e. The molecule has 1 aliphatic carbocycles. The molecule has 0 radical (unpaired) electrons. The van der Waals surface area contributed by atoms with Gasteiger partial charge in [-0.1, -0.05) is 6.42 Å². The first kappa shape index (κ1) is 10.0. The highest BCUT2D eigenvalue weighted by atomic mass is 15.0. The van der Waals surface area contributed by atoms with Gasteiger partial charge in [-0.05, 0) is 46.2 Å². The second kappa shape index (κ2) is 4.24. The van der Waals surface area contributed by atoms with Crippen LogP contribution in [0.15, 0.2) is 0 Å². The monoisotopic (exact) mass is 170 g/mol. The van der Waals surface area contributed by atoms with Crippen LogP contribution in [0, 0.1) is 5.92 Å². The van der Waals surface area contributed by atoms with Crippen molar-refractivity contribution >= 4 is 0 Å². The molecule has 12 heavy (non-hydrogen) atoms. The Hall–Kier alpha value is -0.0800. The molecule has 0 saturated heterocycles. The molecule has 72 valence electrons. The second-order valence-electron chi connectivity index (χ2n) is 4.56. The molecule has 0 aliphatic heterocycles. The standard InChI is InChI=1S/C10H22N2/c1-10(2,11-3)8-12-7-9-5-4-6-9/h9,11-12H,4-8H2,1-3H3. The first-order chi connectivity index (χ1) is 5.64. The van der Waals surface area contributed by atoms with E-state index in [1.54, 1.807) is 0 Å². The minimum Gasteiger partial charge on any atom is -0.315 e. The molecule has 1 saturated carbocycles. The summed E-state index contributed by atoms with van der Waals surface area (Å²) in [5.74, 6) is 0.970. The summed E-state index contributed by atoms with van der Waals surface area (Å²) >= 11 is 0. The van der Waals surface area contributed by atoms with Gasteiger partial charge in [0.05, 0.1) is 0 Å². The van der Waals surface area contributed by atoms with Crippen molar-refractivity contribution in [1.29, 1.82) is 0 Å². The molecule has 0 aromatic carbocycles. The van der Waals surface area contributed by atoms with E-state index in [0.29, 0.717) is 0 Å². The maximum atomic E-state index is 3.52. The Labute approximate surface area is 76.1 Å². The molecule has 0 bridgehead atoms. The molecule has 1 rings (SSSR count). The third kappa shape index (κ3) is 3.11. The fourth-order valence-corrected chi connectivity index (χ4v) is 1.37. The molecule has 0 unspecified atom stereocenters. The Morgan fingerprint density at radius 3 is 2.42 bits per heavy atom. The molecule has 0 heterocycles. The van der Waals surface area contributed by atoms with Gasteiger partial charge in [0.1, 0.15) is 0 Å². The largest absolute Gasteiger partial charge is 0.315 e. The first-order valence-corrected chi connectivity index (χ1v) is 5.04. The zero-order valence-corrected chi connectivity index (χ0v) is 8.61. The van der Waals surface area contributed by atoms with Crippen LogP contribution >= 0.6 is 0 Å². The highest BCUT2D eigenvalue weighted by molar-refractivity contribution is 4.80. The Morgan fingerprint density at radius 1 is 1.33 bits per heavy atom. The Bertz CT molecular complexity index is 128. The topological polar surface area (TPSA) is 24.1 Å². The van der Waals surface area contributed by atoms with Crippen molar-refractivity contribution in [2.45, 2.75) is 38.6 Å². The molecule has 0 aromatic heterocycles. The van der Waals surface area contributed by atoms with Crippen molar-refractivity contribution in [3.8, 4) is 0 Å². The summed E-state index contributed by atoms with van der Waals surface area (Å²) in [4.78, 5) is 0. The van der Waals surface area contributed by atoms with Crippen LogP contribution in [0.5, 0.6) is 0 Å². The van der Waals surface area contributed by atoms with E-state index >= 15 is 0 Å². The fraction of sp³-hybridized carbons (Fsp3) is 1.00. The average molecular weight is 170 g/mol. The summed E-state index contributed by atoms with van der Waals surface area (Å²) in [7, 11) is 2.02. The number of nitrogens with one attached hydrogen (secondary N) is 2. The Morgan fingerprint density at radius 2 is 2.00 bits per heavy atom. The minimum atomic E-state index is 0.240. The van der Waals surface area contributed by atoms with E-state index < -0.39 is 0 Å². The minimum absolute atomic E-state index is 0.240. The van der Waals surface area contributed by atoms with Crippen LogP contribution in [0.4, 0.5) is 0 Å². The summed E-state index contributed by atoms with van der Waals surface area (Å²) in [5, 5.41) is 6.80. The molecule has 1 aliphatic rings. The number of hydrogen-bond acceptors (Lipinski definition) is 2. The molecular formula is C10H22N2. The molecular weight excluding hydrogens is 148 g/mol. The van der Waals surface area contributed by atoms with Gasteiger partial charge in [0.25, 0.3) is 0 Å². The maximum absolute atomic E-state index is 3.52. The van der Waals surface area contributed by atoms with Crippen molar-refractivity contribution in [3.63, 3.8) is 0 Å². The van der Waals surface area contributed by atoms with Crippen molar-refractivity contribution in [1.82, 2.24) is 10.6 Å². The van der Waals surface area contributed by atoms with Gasteiger partial charge in [0.15, 0.2) is 0 Å². The van der Waals surface area contributed by atoms with Crippen molar-refractivity contribution in [2.24, 2.45) is 5.92 Å². The van der Waals surface area contributed by atoms with Crippen LogP contribution in [-0.2, 0) is 0 Å². The van der Waals surface area contributed by atoms with Gasteiger partial charge >= 0.3 is 0 Å². The number of hydrogen-bond donors (Lipinski definition) is 2. The molecule has 0 atom stereocenters. The van der Waals surface area contributed by atoms with Gasteiger partial charge in [-0.15, -0.1) is 0 Å². The van der Waals surface area contributed by atoms with Crippen molar-refractivity contribution in [2.75, 3.05) is 20.1 Å². The summed E-state index contributed by atoms with van der Waals surface area (Å²) in [6.45, 7) is 6.73. The van der Waals surface area contributed by atoms with E-state index in [4.69, 9.17) is 0 Å². The van der Waals surface area contributed by atoms with Crippen molar-refractivity contribution in [3.05, 3.63) is 0 Å². The number of likely N-dealkylation sites (N-methyl/N-ethyl adjacent to an activating group) is 1. The highest BCUT2D eigenvalue weighted by Gasteiger charge is 2.19. The summed E-state index contributed by atoms with van der Waals surface area (Å²) < 4.78 is 0. The lowest BCUT2D eigenvalue weighted by Gasteiger charge is -2.29. The molecule has 0 amide bonds. The molecule has 2 heteroatoms. The SMILES string of the molecule is CNC(C)(C)CNCC1CCC1. The predicted molar refractivity (Wildman–Crippen MR) is 53.3 cm³/mol. The Balaban J connectivity index is 2.00. The van der Waals surface area contributed by atoms with Gasteiger partial charge in [-0.3, -0.25) is 0 Å². The quantitative estimate of drug-likeness (QED) is 0.651. The summed E-state index contributed by atoms with van der Waals surface area (Å²) in [6, 6.07) is 0. The van der Waals surface area contributed by atoms with E-state index in [0.717, 1.165) is 12.5 Å².